The number of anilines is 1. The van der Waals surface area contributed by atoms with Gasteiger partial charge in [-0.1, -0.05) is 12.1 Å². The van der Waals surface area contributed by atoms with Crippen LogP contribution < -0.4 is 5.32 Å². The van der Waals surface area contributed by atoms with E-state index in [1.807, 2.05) is 24.3 Å². The standard InChI is InChI=1S/C13H19NO4/c1-2-18-13(17)7-10-3-5-11(6-4-10)14-8-12(16)9-15/h3-6,12,14-16H,2,7-9H2,1H3. The average Bonchev–Trinajstić information content (AvgIpc) is 2.37. The molecule has 0 saturated carbocycles. The van der Waals surface area contributed by atoms with Gasteiger partial charge in [0.1, 0.15) is 0 Å². The lowest BCUT2D eigenvalue weighted by Gasteiger charge is -2.10. The number of rotatable bonds is 7. The summed E-state index contributed by atoms with van der Waals surface area (Å²) in [4.78, 5) is 11.3. The van der Waals surface area contributed by atoms with Crippen LogP contribution >= 0.6 is 0 Å². The van der Waals surface area contributed by atoms with E-state index in [0.29, 0.717) is 6.61 Å². The van der Waals surface area contributed by atoms with Crippen molar-refractivity contribution in [2.75, 3.05) is 25.1 Å². The van der Waals surface area contributed by atoms with Crippen molar-refractivity contribution < 1.29 is 19.7 Å². The van der Waals surface area contributed by atoms with E-state index in [0.717, 1.165) is 11.3 Å². The molecule has 100 valence electrons. The van der Waals surface area contributed by atoms with Gasteiger partial charge in [0.05, 0.1) is 25.7 Å². The van der Waals surface area contributed by atoms with Gasteiger partial charge < -0.3 is 20.3 Å². The SMILES string of the molecule is CCOC(=O)Cc1ccc(NCC(O)CO)cc1. The molecule has 0 aliphatic heterocycles. The monoisotopic (exact) mass is 253 g/mol. The Morgan fingerprint density at radius 3 is 2.61 bits per heavy atom. The summed E-state index contributed by atoms with van der Waals surface area (Å²) in [5, 5.41) is 20.8. The summed E-state index contributed by atoms with van der Waals surface area (Å²) < 4.78 is 4.85. The van der Waals surface area contributed by atoms with Gasteiger partial charge in [-0.25, -0.2) is 0 Å². The molecule has 0 saturated heterocycles. The van der Waals surface area contributed by atoms with Gasteiger partial charge in [-0.3, -0.25) is 4.79 Å². The number of aliphatic hydroxyl groups excluding tert-OH is 2. The zero-order valence-electron chi connectivity index (χ0n) is 10.4. The van der Waals surface area contributed by atoms with E-state index in [1.54, 1.807) is 6.92 Å². The minimum Gasteiger partial charge on any atom is -0.466 e. The second-order valence-corrected chi connectivity index (χ2v) is 3.90. The van der Waals surface area contributed by atoms with Crippen LogP contribution in [0.5, 0.6) is 0 Å². The lowest BCUT2D eigenvalue weighted by Crippen LogP contribution is -2.22. The summed E-state index contributed by atoms with van der Waals surface area (Å²) in [5.41, 5.74) is 1.71. The summed E-state index contributed by atoms with van der Waals surface area (Å²) in [6.45, 7) is 2.18. The third-order valence-electron chi connectivity index (χ3n) is 2.36. The number of ether oxygens (including phenoxy) is 1. The highest BCUT2D eigenvalue weighted by atomic mass is 16.5. The second-order valence-electron chi connectivity index (χ2n) is 3.90. The molecule has 0 aromatic heterocycles. The zero-order valence-corrected chi connectivity index (χ0v) is 10.4. The maximum Gasteiger partial charge on any atom is 0.310 e. The fraction of sp³-hybridized carbons (Fsp3) is 0.462. The number of carbonyl (C=O) groups excluding carboxylic acids is 1. The molecule has 0 aliphatic carbocycles. The van der Waals surface area contributed by atoms with Crippen molar-refractivity contribution in [1.82, 2.24) is 0 Å². The van der Waals surface area contributed by atoms with E-state index in [-0.39, 0.29) is 25.5 Å². The van der Waals surface area contributed by atoms with E-state index in [9.17, 15) is 9.90 Å². The van der Waals surface area contributed by atoms with Gasteiger partial charge in [0.25, 0.3) is 0 Å². The maximum atomic E-state index is 11.3. The highest BCUT2D eigenvalue weighted by Crippen LogP contribution is 2.10. The Bertz CT molecular complexity index is 364. The number of esters is 1. The molecule has 0 amide bonds. The Labute approximate surface area is 106 Å². The van der Waals surface area contributed by atoms with Gasteiger partial charge in [-0.05, 0) is 24.6 Å². The van der Waals surface area contributed by atoms with Crippen molar-refractivity contribution in [3.05, 3.63) is 29.8 Å². The van der Waals surface area contributed by atoms with Crippen LogP contribution in [-0.2, 0) is 16.0 Å². The van der Waals surface area contributed by atoms with Crippen LogP contribution in [0.4, 0.5) is 5.69 Å². The summed E-state index contributed by atoms with van der Waals surface area (Å²) >= 11 is 0. The van der Waals surface area contributed by atoms with Gasteiger partial charge in [-0.15, -0.1) is 0 Å². The molecule has 0 heterocycles. The highest BCUT2D eigenvalue weighted by Gasteiger charge is 2.04. The van der Waals surface area contributed by atoms with Gasteiger partial charge in [-0.2, -0.15) is 0 Å². The number of nitrogens with one attached hydrogen (secondary N) is 1. The van der Waals surface area contributed by atoms with Crippen LogP contribution in [0.2, 0.25) is 0 Å². The first kappa shape index (κ1) is 14.5. The van der Waals surface area contributed by atoms with Gasteiger partial charge in [0.15, 0.2) is 0 Å². The topological polar surface area (TPSA) is 78.8 Å². The fourth-order valence-electron chi connectivity index (χ4n) is 1.42. The normalized spacial score (nSPS) is 11.9. The smallest absolute Gasteiger partial charge is 0.310 e. The minimum atomic E-state index is -0.774. The molecule has 0 spiro atoms. The molecule has 1 atom stereocenters. The van der Waals surface area contributed by atoms with Crippen molar-refractivity contribution in [2.24, 2.45) is 0 Å². The summed E-state index contributed by atoms with van der Waals surface area (Å²) in [6, 6.07) is 7.28. The van der Waals surface area contributed by atoms with Crippen LogP contribution in [0.1, 0.15) is 12.5 Å². The molecule has 5 heteroatoms. The number of hydrogen-bond donors (Lipinski definition) is 3. The first-order valence-corrected chi connectivity index (χ1v) is 5.93. The molecular weight excluding hydrogens is 234 g/mol. The Morgan fingerprint density at radius 2 is 2.06 bits per heavy atom. The van der Waals surface area contributed by atoms with Crippen molar-refractivity contribution in [2.45, 2.75) is 19.4 Å². The van der Waals surface area contributed by atoms with Crippen molar-refractivity contribution in [3.8, 4) is 0 Å². The van der Waals surface area contributed by atoms with Crippen molar-refractivity contribution in [1.29, 1.82) is 0 Å². The summed E-state index contributed by atoms with van der Waals surface area (Å²) in [5.74, 6) is -0.242. The number of hydrogen-bond acceptors (Lipinski definition) is 5. The average molecular weight is 253 g/mol. The first-order valence-electron chi connectivity index (χ1n) is 5.93. The Kier molecular flexibility index (Phi) is 6.18. The molecule has 3 N–H and O–H groups in total. The number of aliphatic hydroxyl groups is 2. The molecule has 1 unspecified atom stereocenters. The van der Waals surface area contributed by atoms with E-state index in [2.05, 4.69) is 5.32 Å². The van der Waals surface area contributed by atoms with E-state index in [1.165, 1.54) is 0 Å². The molecule has 0 fully saturated rings. The molecular formula is C13H19NO4. The summed E-state index contributed by atoms with van der Waals surface area (Å²) in [7, 11) is 0. The quantitative estimate of drug-likeness (QED) is 0.619. The molecule has 1 rings (SSSR count). The lowest BCUT2D eigenvalue weighted by molar-refractivity contribution is -0.142. The van der Waals surface area contributed by atoms with Crippen molar-refractivity contribution >= 4 is 11.7 Å². The predicted molar refractivity (Wildman–Crippen MR) is 68.4 cm³/mol. The number of benzene rings is 1. The molecule has 1 aromatic rings. The second kappa shape index (κ2) is 7.68. The Morgan fingerprint density at radius 1 is 1.39 bits per heavy atom. The summed E-state index contributed by atoms with van der Waals surface area (Å²) in [6.07, 6.45) is -0.517. The largest absolute Gasteiger partial charge is 0.466 e. The van der Waals surface area contributed by atoms with Gasteiger partial charge in [0.2, 0.25) is 0 Å². The van der Waals surface area contributed by atoms with E-state index in [4.69, 9.17) is 9.84 Å². The van der Waals surface area contributed by atoms with E-state index >= 15 is 0 Å². The van der Waals surface area contributed by atoms with Gasteiger partial charge in [0, 0.05) is 12.2 Å². The molecule has 1 aromatic carbocycles. The highest BCUT2D eigenvalue weighted by molar-refractivity contribution is 5.72. The van der Waals surface area contributed by atoms with Crippen LogP contribution in [0, 0.1) is 0 Å². The van der Waals surface area contributed by atoms with Crippen LogP contribution in [0.25, 0.3) is 0 Å². The van der Waals surface area contributed by atoms with E-state index < -0.39 is 6.10 Å². The van der Waals surface area contributed by atoms with Crippen LogP contribution in [0.3, 0.4) is 0 Å². The Hall–Kier alpha value is -1.59. The molecule has 5 nitrogen and oxygen atoms in total. The Balaban J connectivity index is 2.44. The lowest BCUT2D eigenvalue weighted by atomic mass is 10.1. The zero-order chi connectivity index (χ0) is 13.4. The predicted octanol–water partition coefficient (Wildman–Crippen LogP) is 0.557. The molecule has 0 bridgehead atoms. The third kappa shape index (κ3) is 5.16. The van der Waals surface area contributed by atoms with Crippen molar-refractivity contribution in [3.63, 3.8) is 0 Å². The molecule has 18 heavy (non-hydrogen) atoms. The maximum absolute atomic E-state index is 11.3. The number of carbonyl (C=O) groups is 1. The third-order valence-corrected chi connectivity index (χ3v) is 2.36. The minimum absolute atomic E-state index is 0.242. The fourth-order valence-corrected chi connectivity index (χ4v) is 1.42. The van der Waals surface area contributed by atoms with Gasteiger partial charge >= 0.3 is 5.97 Å². The van der Waals surface area contributed by atoms with Crippen LogP contribution in [0.15, 0.2) is 24.3 Å². The molecule has 0 radical (unpaired) electrons. The van der Waals surface area contributed by atoms with Crippen LogP contribution in [-0.4, -0.2) is 42.0 Å². The molecule has 0 aliphatic rings. The first-order chi connectivity index (χ1) is 8.65.